The molecule has 0 bridgehead atoms. The van der Waals surface area contributed by atoms with Crippen molar-refractivity contribution in [1.82, 2.24) is 5.32 Å². The molecular formula is C14H19NO2. The van der Waals surface area contributed by atoms with E-state index in [4.69, 9.17) is 5.11 Å². The Hall–Kier alpha value is -1.77. The molecule has 0 heterocycles. The third-order valence-corrected chi connectivity index (χ3v) is 2.45. The number of hydrogen-bond donors (Lipinski definition) is 2. The maximum atomic E-state index is 10.8. The molecule has 2 N–H and O–H groups in total. The molecule has 0 aromatic heterocycles. The van der Waals surface area contributed by atoms with Crippen LogP contribution in [0.2, 0.25) is 0 Å². The van der Waals surface area contributed by atoms with Crippen LogP contribution in [0.4, 0.5) is 0 Å². The van der Waals surface area contributed by atoms with Crippen molar-refractivity contribution >= 4 is 11.7 Å². The third-order valence-electron chi connectivity index (χ3n) is 2.45. The maximum absolute atomic E-state index is 10.8. The quantitative estimate of drug-likeness (QED) is 0.562. The molecule has 0 spiro atoms. The Morgan fingerprint density at radius 2 is 2.00 bits per heavy atom. The standard InChI is InChI=1S/C14H19NO2/c1-2-3-7-10-15-13(11-14(16)17)12-8-5-4-6-9-12/h4-6,8-9,11,15H,2-3,7,10H2,1H3,(H,16,17). The van der Waals surface area contributed by atoms with Gasteiger partial charge in [0.15, 0.2) is 0 Å². The number of aliphatic carboxylic acids is 1. The lowest BCUT2D eigenvalue weighted by Gasteiger charge is -2.10. The monoisotopic (exact) mass is 233 g/mol. The van der Waals surface area contributed by atoms with E-state index in [9.17, 15) is 4.79 Å². The second-order valence-electron chi connectivity index (χ2n) is 3.90. The number of carboxylic acid groups (broad SMARTS) is 1. The van der Waals surface area contributed by atoms with E-state index in [-0.39, 0.29) is 0 Å². The van der Waals surface area contributed by atoms with Crippen molar-refractivity contribution < 1.29 is 9.90 Å². The summed E-state index contributed by atoms with van der Waals surface area (Å²) in [5.74, 6) is -0.924. The molecule has 92 valence electrons. The van der Waals surface area contributed by atoms with Crippen molar-refractivity contribution in [3.8, 4) is 0 Å². The Morgan fingerprint density at radius 1 is 1.29 bits per heavy atom. The average Bonchev–Trinajstić information content (AvgIpc) is 2.34. The van der Waals surface area contributed by atoms with Crippen LogP contribution >= 0.6 is 0 Å². The summed E-state index contributed by atoms with van der Waals surface area (Å²) in [7, 11) is 0. The van der Waals surface area contributed by atoms with Gasteiger partial charge in [0, 0.05) is 18.3 Å². The summed E-state index contributed by atoms with van der Waals surface area (Å²) in [6.07, 6.45) is 4.59. The van der Waals surface area contributed by atoms with Crippen molar-refractivity contribution in [2.75, 3.05) is 6.54 Å². The van der Waals surface area contributed by atoms with Crippen molar-refractivity contribution in [2.24, 2.45) is 0 Å². The fourth-order valence-corrected chi connectivity index (χ4v) is 1.58. The van der Waals surface area contributed by atoms with Crippen molar-refractivity contribution in [3.05, 3.63) is 42.0 Å². The minimum Gasteiger partial charge on any atom is -0.478 e. The molecule has 0 saturated carbocycles. The van der Waals surface area contributed by atoms with Crippen LogP contribution in [0.5, 0.6) is 0 Å². The lowest BCUT2D eigenvalue weighted by molar-refractivity contribution is -0.131. The van der Waals surface area contributed by atoms with E-state index in [0.29, 0.717) is 5.70 Å². The fraction of sp³-hybridized carbons (Fsp3) is 0.357. The zero-order valence-electron chi connectivity index (χ0n) is 10.1. The third kappa shape index (κ3) is 5.20. The first-order chi connectivity index (χ1) is 8.24. The summed E-state index contributed by atoms with van der Waals surface area (Å²) < 4.78 is 0. The van der Waals surface area contributed by atoms with Gasteiger partial charge in [-0.2, -0.15) is 0 Å². The largest absolute Gasteiger partial charge is 0.478 e. The van der Waals surface area contributed by atoms with Gasteiger partial charge in [0.2, 0.25) is 0 Å². The SMILES string of the molecule is CCCCCNC(=CC(=O)O)c1ccccc1. The fourth-order valence-electron chi connectivity index (χ4n) is 1.58. The van der Waals surface area contributed by atoms with Gasteiger partial charge in [0.1, 0.15) is 0 Å². The molecule has 0 fully saturated rings. The van der Waals surface area contributed by atoms with E-state index in [1.807, 2.05) is 30.3 Å². The summed E-state index contributed by atoms with van der Waals surface area (Å²) in [5.41, 5.74) is 1.58. The number of unbranched alkanes of at least 4 members (excludes halogenated alkanes) is 2. The Morgan fingerprint density at radius 3 is 2.59 bits per heavy atom. The second-order valence-corrected chi connectivity index (χ2v) is 3.90. The summed E-state index contributed by atoms with van der Waals surface area (Å²) >= 11 is 0. The highest BCUT2D eigenvalue weighted by Crippen LogP contribution is 2.10. The molecule has 1 aromatic carbocycles. The van der Waals surface area contributed by atoms with Crippen LogP contribution in [0.3, 0.4) is 0 Å². The highest BCUT2D eigenvalue weighted by Gasteiger charge is 2.02. The minimum atomic E-state index is -0.924. The van der Waals surface area contributed by atoms with E-state index in [1.165, 1.54) is 6.08 Å². The van der Waals surface area contributed by atoms with Gasteiger partial charge in [0.05, 0.1) is 0 Å². The maximum Gasteiger partial charge on any atom is 0.330 e. The van der Waals surface area contributed by atoms with Crippen LogP contribution in [0, 0.1) is 0 Å². The molecule has 0 aliphatic heterocycles. The van der Waals surface area contributed by atoms with Crippen LogP contribution in [0.25, 0.3) is 5.70 Å². The number of rotatable bonds is 7. The zero-order valence-corrected chi connectivity index (χ0v) is 10.1. The summed E-state index contributed by atoms with van der Waals surface area (Å²) in [5, 5.41) is 12.0. The molecule has 17 heavy (non-hydrogen) atoms. The molecule has 0 radical (unpaired) electrons. The van der Waals surface area contributed by atoms with E-state index >= 15 is 0 Å². The molecular weight excluding hydrogens is 214 g/mol. The van der Waals surface area contributed by atoms with Crippen LogP contribution in [0.1, 0.15) is 31.7 Å². The minimum absolute atomic E-state index is 0.675. The molecule has 0 amide bonds. The van der Waals surface area contributed by atoms with Crippen LogP contribution in [0.15, 0.2) is 36.4 Å². The number of benzene rings is 1. The molecule has 0 aliphatic carbocycles. The van der Waals surface area contributed by atoms with Crippen molar-refractivity contribution in [3.63, 3.8) is 0 Å². The smallest absolute Gasteiger partial charge is 0.330 e. The summed E-state index contributed by atoms with van der Waals surface area (Å²) in [4.78, 5) is 10.8. The van der Waals surface area contributed by atoms with E-state index < -0.39 is 5.97 Å². The summed E-state index contributed by atoms with van der Waals surface area (Å²) in [6.45, 7) is 2.95. The van der Waals surface area contributed by atoms with Gasteiger partial charge in [-0.05, 0) is 12.0 Å². The number of nitrogens with one attached hydrogen (secondary N) is 1. The van der Waals surface area contributed by atoms with Gasteiger partial charge in [0.25, 0.3) is 0 Å². The highest BCUT2D eigenvalue weighted by molar-refractivity contribution is 5.89. The molecule has 1 aromatic rings. The van der Waals surface area contributed by atoms with Gasteiger partial charge in [-0.3, -0.25) is 0 Å². The number of carboxylic acids is 1. The molecule has 0 saturated heterocycles. The second kappa shape index (κ2) is 7.49. The lowest BCUT2D eigenvalue weighted by Crippen LogP contribution is -2.15. The predicted molar refractivity (Wildman–Crippen MR) is 69.6 cm³/mol. The summed E-state index contributed by atoms with van der Waals surface area (Å²) in [6, 6.07) is 9.53. The molecule has 0 unspecified atom stereocenters. The van der Waals surface area contributed by atoms with Crippen LogP contribution < -0.4 is 5.32 Å². The Balaban J connectivity index is 2.66. The number of carbonyl (C=O) groups is 1. The van der Waals surface area contributed by atoms with E-state index in [1.54, 1.807) is 0 Å². The Kier molecular flexibility index (Phi) is 5.86. The van der Waals surface area contributed by atoms with E-state index in [0.717, 1.165) is 31.4 Å². The molecule has 3 heteroatoms. The number of hydrogen-bond acceptors (Lipinski definition) is 2. The van der Waals surface area contributed by atoms with Gasteiger partial charge < -0.3 is 10.4 Å². The first-order valence-corrected chi connectivity index (χ1v) is 5.98. The van der Waals surface area contributed by atoms with Gasteiger partial charge in [-0.1, -0.05) is 50.1 Å². The first-order valence-electron chi connectivity index (χ1n) is 5.98. The van der Waals surface area contributed by atoms with Crippen LogP contribution in [-0.4, -0.2) is 17.6 Å². The zero-order chi connectivity index (χ0) is 12.5. The van der Waals surface area contributed by atoms with Crippen molar-refractivity contribution in [1.29, 1.82) is 0 Å². The molecule has 3 nitrogen and oxygen atoms in total. The van der Waals surface area contributed by atoms with Crippen molar-refractivity contribution in [2.45, 2.75) is 26.2 Å². The first kappa shape index (κ1) is 13.3. The van der Waals surface area contributed by atoms with Crippen LogP contribution in [-0.2, 0) is 4.79 Å². The predicted octanol–water partition coefficient (Wildman–Crippen LogP) is 2.89. The van der Waals surface area contributed by atoms with Gasteiger partial charge in [-0.25, -0.2) is 4.79 Å². The molecule has 0 aliphatic rings. The molecule has 0 atom stereocenters. The molecule has 1 rings (SSSR count). The lowest BCUT2D eigenvalue weighted by atomic mass is 10.1. The topological polar surface area (TPSA) is 49.3 Å². The Bertz CT molecular complexity index is 371. The van der Waals surface area contributed by atoms with Gasteiger partial charge >= 0.3 is 5.97 Å². The highest BCUT2D eigenvalue weighted by atomic mass is 16.4. The van der Waals surface area contributed by atoms with Gasteiger partial charge in [-0.15, -0.1) is 0 Å². The Labute approximate surface area is 102 Å². The normalized spacial score (nSPS) is 11.2. The van der Waals surface area contributed by atoms with E-state index in [2.05, 4.69) is 12.2 Å². The average molecular weight is 233 g/mol.